The highest BCUT2D eigenvalue weighted by Crippen LogP contribution is 2.35. The standard InChI is InChI=1S/C11H23NS/c1-3-13-8-4-7-12-9-10(2)11-5-6-11/h10-12H,3-9H2,1-2H3. The van der Waals surface area contributed by atoms with Gasteiger partial charge in [0.15, 0.2) is 0 Å². The summed E-state index contributed by atoms with van der Waals surface area (Å²) < 4.78 is 0. The zero-order chi connectivity index (χ0) is 9.52. The van der Waals surface area contributed by atoms with Gasteiger partial charge < -0.3 is 5.32 Å². The van der Waals surface area contributed by atoms with Crippen LogP contribution in [0.15, 0.2) is 0 Å². The number of thioether (sulfide) groups is 1. The Hall–Kier alpha value is 0.310. The SMILES string of the molecule is CCSCCCNCC(C)C1CC1. The van der Waals surface area contributed by atoms with E-state index >= 15 is 0 Å². The Balaban J connectivity index is 1.77. The molecular weight excluding hydrogens is 178 g/mol. The van der Waals surface area contributed by atoms with Gasteiger partial charge in [0.1, 0.15) is 0 Å². The molecular formula is C11H23NS. The molecule has 0 aromatic carbocycles. The Bertz CT molecular complexity index is 123. The molecule has 2 heteroatoms. The van der Waals surface area contributed by atoms with Gasteiger partial charge in [0.2, 0.25) is 0 Å². The highest BCUT2D eigenvalue weighted by molar-refractivity contribution is 7.99. The third kappa shape index (κ3) is 5.58. The lowest BCUT2D eigenvalue weighted by Crippen LogP contribution is -2.23. The van der Waals surface area contributed by atoms with Gasteiger partial charge in [-0.05, 0) is 55.7 Å². The fraction of sp³-hybridized carbons (Fsp3) is 1.00. The summed E-state index contributed by atoms with van der Waals surface area (Å²) in [7, 11) is 0. The van der Waals surface area contributed by atoms with E-state index < -0.39 is 0 Å². The fourth-order valence-corrected chi connectivity index (χ4v) is 2.24. The van der Waals surface area contributed by atoms with E-state index in [0.29, 0.717) is 0 Å². The highest BCUT2D eigenvalue weighted by Gasteiger charge is 2.27. The van der Waals surface area contributed by atoms with Gasteiger partial charge in [-0.15, -0.1) is 0 Å². The largest absolute Gasteiger partial charge is 0.316 e. The van der Waals surface area contributed by atoms with E-state index in [1.165, 1.54) is 43.9 Å². The maximum absolute atomic E-state index is 3.55. The maximum Gasteiger partial charge on any atom is -0.00205 e. The van der Waals surface area contributed by atoms with E-state index in [0.717, 1.165) is 11.8 Å². The molecule has 0 saturated heterocycles. The van der Waals surface area contributed by atoms with E-state index in [4.69, 9.17) is 0 Å². The van der Waals surface area contributed by atoms with Crippen LogP contribution in [0.5, 0.6) is 0 Å². The van der Waals surface area contributed by atoms with Crippen molar-refractivity contribution in [3.63, 3.8) is 0 Å². The average molecular weight is 201 g/mol. The first-order valence-corrected chi connectivity index (χ1v) is 6.78. The number of rotatable bonds is 8. The summed E-state index contributed by atoms with van der Waals surface area (Å²) in [5, 5.41) is 3.55. The summed E-state index contributed by atoms with van der Waals surface area (Å²) in [6.07, 6.45) is 4.29. The van der Waals surface area contributed by atoms with Gasteiger partial charge in [-0.1, -0.05) is 13.8 Å². The van der Waals surface area contributed by atoms with E-state index in [-0.39, 0.29) is 0 Å². The predicted molar refractivity (Wildman–Crippen MR) is 62.4 cm³/mol. The van der Waals surface area contributed by atoms with E-state index in [1.54, 1.807) is 0 Å². The van der Waals surface area contributed by atoms with Crippen molar-refractivity contribution in [2.75, 3.05) is 24.6 Å². The maximum atomic E-state index is 3.55. The smallest absolute Gasteiger partial charge is 0.00205 e. The van der Waals surface area contributed by atoms with Crippen LogP contribution < -0.4 is 5.32 Å². The monoisotopic (exact) mass is 201 g/mol. The van der Waals surface area contributed by atoms with Crippen molar-refractivity contribution < 1.29 is 0 Å². The number of hydrogen-bond acceptors (Lipinski definition) is 2. The molecule has 1 aliphatic carbocycles. The number of hydrogen-bond donors (Lipinski definition) is 1. The van der Waals surface area contributed by atoms with Crippen LogP contribution in [0.2, 0.25) is 0 Å². The van der Waals surface area contributed by atoms with Crippen molar-refractivity contribution in [1.29, 1.82) is 0 Å². The summed E-state index contributed by atoms with van der Waals surface area (Å²) in [4.78, 5) is 0. The van der Waals surface area contributed by atoms with E-state index in [2.05, 4.69) is 19.2 Å². The Morgan fingerprint density at radius 2 is 2.23 bits per heavy atom. The first kappa shape index (κ1) is 11.4. The van der Waals surface area contributed by atoms with Crippen LogP contribution in [0.4, 0.5) is 0 Å². The second-order valence-electron chi connectivity index (χ2n) is 4.07. The molecule has 78 valence electrons. The molecule has 13 heavy (non-hydrogen) atoms. The summed E-state index contributed by atoms with van der Waals surface area (Å²) in [5.41, 5.74) is 0. The van der Waals surface area contributed by atoms with Gasteiger partial charge in [-0.3, -0.25) is 0 Å². The van der Waals surface area contributed by atoms with Crippen molar-refractivity contribution in [3.8, 4) is 0 Å². The lowest BCUT2D eigenvalue weighted by Gasteiger charge is -2.10. The van der Waals surface area contributed by atoms with Crippen molar-refractivity contribution in [1.82, 2.24) is 5.32 Å². The molecule has 0 amide bonds. The minimum absolute atomic E-state index is 0.916. The third-order valence-electron chi connectivity index (χ3n) is 2.74. The van der Waals surface area contributed by atoms with Gasteiger partial charge in [-0.2, -0.15) is 11.8 Å². The van der Waals surface area contributed by atoms with Gasteiger partial charge in [0.05, 0.1) is 0 Å². The van der Waals surface area contributed by atoms with Gasteiger partial charge in [0, 0.05) is 0 Å². The molecule has 1 N–H and O–H groups in total. The molecule has 0 aromatic heterocycles. The van der Waals surface area contributed by atoms with Crippen LogP contribution in [0.3, 0.4) is 0 Å². The van der Waals surface area contributed by atoms with Crippen LogP contribution in [0.1, 0.15) is 33.1 Å². The van der Waals surface area contributed by atoms with E-state index in [1.807, 2.05) is 11.8 Å². The normalized spacial score (nSPS) is 18.9. The molecule has 1 nitrogen and oxygen atoms in total. The van der Waals surface area contributed by atoms with Crippen LogP contribution >= 0.6 is 11.8 Å². The van der Waals surface area contributed by atoms with Crippen molar-refractivity contribution in [3.05, 3.63) is 0 Å². The average Bonchev–Trinajstić information content (AvgIpc) is 2.93. The van der Waals surface area contributed by atoms with Crippen LogP contribution in [-0.4, -0.2) is 24.6 Å². The number of nitrogens with one attached hydrogen (secondary N) is 1. The minimum Gasteiger partial charge on any atom is -0.316 e. The van der Waals surface area contributed by atoms with Crippen molar-refractivity contribution >= 4 is 11.8 Å². The molecule has 1 aliphatic rings. The fourth-order valence-electron chi connectivity index (χ4n) is 1.61. The molecule has 1 unspecified atom stereocenters. The molecule has 1 saturated carbocycles. The second kappa shape index (κ2) is 6.72. The molecule has 0 heterocycles. The summed E-state index contributed by atoms with van der Waals surface area (Å²) in [5.74, 6) is 4.55. The first-order valence-electron chi connectivity index (χ1n) is 5.63. The molecule has 1 rings (SSSR count). The molecule has 1 atom stereocenters. The van der Waals surface area contributed by atoms with Crippen molar-refractivity contribution in [2.45, 2.75) is 33.1 Å². The molecule has 1 fully saturated rings. The summed E-state index contributed by atoms with van der Waals surface area (Å²) in [6.45, 7) is 7.06. The molecule has 0 spiro atoms. The zero-order valence-corrected chi connectivity index (χ0v) is 9.83. The quantitative estimate of drug-likeness (QED) is 0.606. The van der Waals surface area contributed by atoms with Crippen LogP contribution in [0, 0.1) is 11.8 Å². The summed E-state index contributed by atoms with van der Waals surface area (Å²) >= 11 is 2.05. The summed E-state index contributed by atoms with van der Waals surface area (Å²) in [6, 6.07) is 0. The Kier molecular flexibility index (Phi) is 5.88. The molecule has 0 bridgehead atoms. The Morgan fingerprint density at radius 1 is 1.46 bits per heavy atom. The third-order valence-corrected chi connectivity index (χ3v) is 3.73. The minimum atomic E-state index is 0.916. The second-order valence-corrected chi connectivity index (χ2v) is 5.46. The van der Waals surface area contributed by atoms with E-state index in [9.17, 15) is 0 Å². The first-order chi connectivity index (χ1) is 6.34. The highest BCUT2D eigenvalue weighted by atomic mass is 32.2. The lowest BCUT2D eigenvalue weighted by molar-refractivity contribution is 0.463. The van der Waals surface area contributed by atoms with Gasteiger partial charge in [-0.25, -0.2) is 0 Å². The lowest BCUT2D eigenvalue weighted by atomic mass is 10.1. The predicted octanol–water partition coefficient (Wildman–Crippen LogP) is 2.77. The Labute approximate surface area is 87.1 Å². The van der Waals surface area contributed by atoms with Crippen LogP contribution in [-0.2, 0) is 0 Å². The molecule has 0 aliphatic heterocycles. The Morgan fingerprint density at radius 3 is 2.85 bits per heavy atom. The van der Waals surface area contributed by atoms with Crippen molar-refractivity contribution in [2.24, 2.45) is 11.8 Å². The van der Waals surface area contributed by atoms with Gasteiger partial charge >= 0.3 is 0 Å². The van der Waals surface area contributed by atoms with Crippen LogP contribution in [0.25, 0.3) is 0 Å². The topological polar surface area (TPSA) is 12.0 Å². The zero-order valence-electron chi connectivity index (χ0n) is 9.01. The molecule has 0 aromatic rings. The molecule has 0 radical (unpaired) electrons. The van der Waals surface area contributed by atoms with Gasteiger partial charge in [0.25, 0.3) is 0 Å².